The van der Waals surface area contributed by atoms with Crippen LogP contribution in [0, 0.1) is 0 Å². The van der Waals surface area contributed by atoms with E-state index in [1.165, 1.54) is 96.3 Å². The molecular formula is C31H49N5O2. The molecule has 1 atom stereocenters. The van der Waals surface area contributed by atoms with Crippen LogP contribution in [-0.2, 0) is 11.2 Å². The maximum Gasteiger partial charge on any atom is 0.280 e. The summed E-state index contributed by atoms with van der Waals surface area (Å²) in [5, 5.41) is 0. The molecule has 0 aliphatic carbocycles. The normalized spacial score (nSPS) is 12.3. The Morgan fingerprint density at radius 3 is 1.97 bits per heavy atom. The predicted octanol–water partition coefficient (Wildman–Crippen LogP) is 7.72. The molecule has 0 saturated heterocycles. The monoisotopic (exact) mass is 523 g/mol. The van der Waals surface area contributed by atoms with Crippen molar-refractivity contribution in [3.05, 3.63) is 52.6 Å². The van der Waals surface area contributed by atoms with Gasteiger partial charge in [-0.05, 0) is 12.0 Å². The number of hydrogen-bond donors (Lipinski definition) is 2. The number of nitrogen functional groups attached to an aromatic ring is 1. The SMILES string of the molecule is CCCCCCCCCCCCCCCCCCOC(Cc1ccccc1)n1cnc2c(=O)[nH]c(N)nc21. The first-order valence-corrected chi connectivity index (χ1v) is 15.1. The van der Waals surface area contributed by atoms with Crippen molar-refractivity contribution in [1.29, 1.82) is 0 Å². The molecule has 0 bridgehead atoms. The third-order valence-corrected chi connectivity index (χ3v) is 7.32. The third kappa shape index (κ3) is 10.6. The van der Waals surface area contributed by atoms with Gasteiger partial charge in [-0.3, -0.25) is 14.3 Å². The first kappa shape index (κ1) is 29.9. The molecule has 210 valence electrons. The van der Waals surface area contributed by atoms with Crippen molar-refractivity contribution < 1.29 is 4.74 Å². The van der Waals surface area contributed by atoms with Crippen molar-refractivity contribution in [2.45, 2.75) is 122 Å². The summed E-state index contributed by atoms with van der Waals surface area (Å²) >= 11 is 0. The number of nitrogens with zero attached hydrogens (tertiary/aromatic N) is 3. The lowest BCUT2D eigenvalue weighted by Gasteiger charge is -2.20. The molecule has 0 aliphatic heterocycles. The summed E-state index contributed by atoms with van der Waals surface area (Å²) in [4.78, 5) is 23.3. The minimum absolute atomic E-state index is 0.0838. The molecule has 7 heteroatoms. The second-order valence-electron chi connectivity index (χ2n) is 10.6. The van der Waals surface area contributed by atoms with Crippen molar-refractivity contribution in [3.63, 3.8) is 0 Å². The van der Waals surface area contributed by atoms with Crippen molar-refractivity contribution in [3.8, 4) is 0 Å². The Balaban J connectivity index is 1.31. The molecule has 0 aliphatic rings. The lowest BCUT2D eigenvalue weighted by Crippen LogP contribution is -2.18. The van der Waals surface area contributed by atoms with Crippen LogP contribution < -0.4 is 11.3 Å². The third-order valence-electron chi connectivity index (χ3n) is 7.32. The molecule has 1 unspecified atom stereocenters. The number of anilines is 1. The van der Waals surface area contributed by atoms with Crippen LogP contribution in [0.25, 0.3) is 11.2 Å². The van der Waals surface area contributed by atoms with Gasteiger partial charge in [-0.2, -0.15) is 4.98 Å². The molecule has 7 nitrogen and oxygen atoms in total. The Morgan fingerprint density at radius 2 is 1.39 bits per heavy atom. The standard InChI is InChI=1S/C31H49N5O2/c1-2-3-4-5-6-7-8-9-10-11-12-13-14-15-16-20-23-38-27(24-26-21-18-17-19-22-26)36-25-33-28-29(36)34-31(32)35-30(28)37/h17-19,21-22,25,27H,2-16,20,23-24H2,1H3,(H3,32,34,35,37). The van der Waals surface area contributed by atoms with Crippen LogP contribution in [0.5, 0.6) is 0 Å². The quantitative estimate of drug-likeness (QED) is 0.139. The highest BCUT2D eigenvalue weighted by Crippen LogP contribution is 2.21. The number of benzene rings is 1. The van der Waals surface area contributed by atoms with Crippen molar-refractivity contribution >= 4 is 17.1 Å². The summed E-state index contributed by atoms with van der Waals surface area (Å²) in [7, 11) is 0. The van der Waals surface area contributed by atoms with E-state index in [0.717, 1.165) is 12.0 Å². The molecule has 3 N–H and O–H groups in total. The van der Waals surface area contributed by atoms with Gasteiger partial charge in [0.25, 0.3) is 5.56 Å². The number of H-pyrrole nitrogens is 1. The average Bonchev–Trinajstić information content (AvgIpc) is 3.34. The van der Waals surface area contributed by atoms with E-state index >= 15 is 0 Å². The number of nitrogens with one attached hydrogen (secondary N) is 1. The second-order valence-corrected chi connectivity index (χ2v) is 10.6. The summed E-state index contributed by atoms with van der Waals surface area (Å²) in [6, 6.07) is 10.2. The van der Waals surface area contributed by atoms with Crippen LogP contribution in [0.4, 0.5) is 5.95 Å². The van der Waals surface area contributed by atoms with E-state index in [0.29, 0.717) is 18.7 Å². The number of hydrogen-bond acceptors (Lipinski definition) is 5. The molecule has 1 aromatic carbocycles. The van der Waals surface area contributed by atoms with Gasteiger partial charge in [0.15, 0.2) is 11.2 Å². The van der Waals surface area contributed by atoms with Gasteiger partial charge in [0.05, 0.1) is 6.33 Å². The van der Waals surface area contributed by atoms with E-state index in [4.69, 9.17) is 10.5 Å². The molecule has 0 radical (unpaired) electrons. The number of fused-ring (bicyclic) bond motifs is 1. The Hall–Kier alpha value is -2.67. The Labute approximate surface area is 228 Å². The minimum Gasteiger partial charge on any atom is -0.369 e. The summed E-state index contributed by atoms with van der Waals surface area (Å²) in [5.41, 5.74) is 7.37. The number of rotatable bonds is 21. The molecule has 3 rings (SSSR count). The van der Waals surface area contributed by atoms with Gasteiger partial charge in [0.2, 0.25) is 5.95 Å². The summed E-state index contributed by atoms with van der Waals surface area (Å²) in [5.74, 6) is 0.0838. The van der Waals surface area contributed by atoms with E-state index in [-0.39, 0.29) is 23.3 Å². The van der Waals surface area contributed by atoms with Gasteiger partial charge in [-0.1, -0.05) is 134 Å². The largest absolute Gasteiger partial charge is 0.369 e. The molecule has 0 fully saturated rings. The van der Waals surface area contributed by atoms with E-state index in [9.17, 15) is 4.79 Å². The molecule has 2 heterocycles. The molecular weight excluding hydrogens is 474 g/mol. The molecule has 2 aromatic heterocycles. The summed E-state index contributed by atoms with van der Waals surface area (Å²) < 4.78 is 8.16. The Bertz CT molecular complexity index is 1080. The van der Waals surface area contributed by atoms with Crippen molar-refractivity contribution in [2.24, 2.45) is 0 Å². The Morgan fingerprint density at radius 1 is 0.842 bits per heavy atom. The van der Waals surface area contributed by atoms with Gasteiger partial charge in [0.1, 0.15) is 6.23 Å². The van der Waals surface area contributed by atoms with Gasteiger partial charge in [-0.25, -0.2) is 4.98 Å². The number of unbranched alkanes of at least 4 members (excludes halogenated alkanes) is 15. The number of ether oxygens (including phenoxy) is 1. The fourth-order valence-corrected chi connectivity index (χ4v) is 5.08. The topological polar surface area (TPSA) is 98.8 Å². The van der Waals surface area contributed by atoms with E-state index < -0.39 is 0 Å². The maximum absolute atomic E-state index is 12.2. The predicted molar refractivity (Wildman–Crippen MR) is 157 cm³/mol. The first-order chi connectivity index (χ1) is 18.7. The zero-order chi connectivity index (χ0) is 26.8. The first-order valence-electron chi connectivity index (χ1n) is 15.1. The fourth-order valence-electron chi connectivity index (χ4n) is 5.08. The van der Waals surface area contributed by atoms with Crippen LogP contribution >= 0.6 is 0 Å². The van der Waals surface area contributed by atoms with E-state index in [1.54, 1.807) is 6.33 Å². The van der Waals surface area contributed by atoms with Crippen molar-refractivity contribution in [1.82, 2.24) is 19.5 Å². The summed E-state index contributed by atoms with van der Waals surface area (Å²) in [6.45, 7) is 2.94. The second kappa shape index (κ2) is 17.8. The molecule has 3 aromatic rings. The molecule has 38 heavy (non-hydrogen) atoms. The van der Waals surface area contributed by atoms with Crippen LogP contribution in [0.2, 0.25) is 0 Å². The maximum atomic E-state index is 12.2. The van der Waals surface area contributed by atoms with Gasteiger partial charge < -0.3 is 10.5 Å². The number of aromatic nitrogens is 4. The van der Waals surface area contributed by atoms with E-state index in [2.05, 4.69) is 34.0 Å². The lowest BCUT2D eigenvalue weighted by atomic mass is 10.0. The minimum atomic E-state index is -0.331. The van der Waals surface area contributed by atoms with Crippen molar-refractivity contribution in [2.75, 3.05) is 12.3 Å². The molecule has 0 saturated carbocycles. The highest BCUT2D eigenvalue weighted by atomic mass is 16.5. The zero-order valence-corrected chi connectivity index (χ0v) is 23.5. The number of imidazole rings is 1. The smallest absolute Gasteiger partial charge is 0.280 e. The zero-order valence-electron chi connectivity index (χ0n) is 23.5. The summed E-state index contributed by atoms with van der Waals surface area (Å²) in [6.07, 6.45) is 23.6. The van der Waals surface area contributed by atoms with Crippen LogP contribution in [0.1, 0.15) is 121 Å². The van der Waals surface area contributed by atoms with Crippen LogP contribution in [0.3, 0.4) is 0 Å². The molecule has 0 amide bonds. The highest BCUT2D eigenvalue weighted by molar-refractivity contribution is 5.70. The van der Waals surface area contributed by atoms with Crippen LogP contribution in [0.15, 0.2) is 41.5 Å². The molecule has 0 spiro atoms. The highest BCUT2D eigenvalue weighted by Gasteiger charge is 2.18. The Kier molecular flexibility index (Phi) is 14.0. The number of aromatic amines is 1. The van der Waals surface area contributed by atoms with Gasteiger partial charge >= 0.3 is 0 Å². The lowest BCUT2D eigenvalue weighted by molar-refractivity contribution is 0.00303. The average molecular weight is 524 g/mol. The fraction of sp³-hybridized carbons (Fsp3) is 0.645. The van der Waals surface area contributed by atoms with Gasteiger partial charge in [0, 0.05) is 13.0 Å². The van der Waals surface area contributed by atoms with Gasteiger partial charge in [-0.15, -0.1) is 0 Å². The van der Waals surface area contributed by atoms with Crippen LogP contribution in [-0.4, -0.2) is 26.1 Å². The number of nitrogens with two attached hydrogens (primary N) is 1. The van der Waals surface area contributed by atoms with E-state index in [1.807, 2.05) is 22.8 Å².